The first-order chi connectivity index (χ1) is 12.5. The summed E-state index contributed by atoms with van der Waals surface area (Å²) < 4.78 is 1.95. The Morgan fingerprint density at radius 1 is 1.42 bits per heavy atom. The molecule has 1 fully saturated rings. The Morgan fingerprint density at radius 2 is 2.23 bits per heavy atom. The topological polar surface area (TPSA) is 124 Å². The second-order valence-corrected chi connectivity index (χ2v) is 6.72. The van der Waals surface area contributed by atoms with Gasteiger partial charge in [-0.15, -0.1) is 0 Å². The van der Waals surface area contributed by atoms with E-state index in [-0.39, 0.29) is 0 Å². The van der Waals surface area contributed by atoms with Crippen molar-refractivity contribution in [2.45, 2.75) is 32.7 Å². The average molecular weight is 351 g/mol. The molecule has 134 valence electrons. The lowest BCUT2D eigenvalue weighted by Crippen LogP contribution is -2.28. The molecule has 4 rings (SSSR count). The third kappa shape index (κ3) is 2.34. The summed E-state index contributed by atoms with van der Waals surface area (Å²) >= 11 is 0. The van der Waals surface area contributed by atoms with Crippen LogP contribution in [-0.2, 0) is 7.05 Å². The lowest BCUT2D eigenvalue weighted by molar-refractivity contribution is 0.712. The van der Waals surface area contributed by atoms with Gasteiger partial charge in [0.1, 0.15) is 28.9 Å². The number of aryl methyl sites for hydroxylation is 2. The minimum atomic E-state index is 0.295. The summed E-state index contributed by atoms with van der Waals surface area (Å²) in [5.74, 6) is 1.54. The molecule has 0 radical (unpaired) electrons. The second-order valence-electron chi connectivity index (χ2n) is 6.72. The predicted octanol–water partition coefficient (Wildman–Crippen LogP) is 2.19. The fourth-order valence-corrected chi connectivity index (χ4v) is 3.67. The van der Waals surface area contributed by atoms with E-state index in [0.29, 0.717) is 34.4 Å². The summed E-state index contributed by atoms with van der Waals surface area (Å²) in [6.45, 7) is 5.00. The van der Waals surface area contributed by atoms with Crippen molar-refractivity contribution in [3.05, 3.63) is 17.5 Å². The Kier molecular flexibility index (Phi) is 3.68. The van der Waals surface area contributed by atoms with Crippen molar-refractivity contribution < 1.29 is 0 Å². The summed E-state index contributed by atoms with van der Waals surface area (Å²) in [5.41, 5.74) is 9.07. The molecular formula is C17H21N9. The molecule has 3 aromatic rings. The molecule has 0 aromatic carbocycles. The molecule has 1 aliphatic rings. The van der Waals surface area contributed by atoms with Gasteiger partial charge in [0.15, 0.2) is 0 Å². The molecule has 0 unspecified atom stereocenters. The molecular weight excluding hydrogens is 330 g/mol. The first-order valence-corrected chi connectivity index (χ1v) is 8.61. The summed E-state index contributed by atoms with van der Waals surface area (Å²) in [6.07, 6.45) is 3.89. The highest BCUT2D eigenvalue weighted by Gasteiger charge is 2.29. The highest BCUT2D eigenvalue weighted by molar-refractivity contribution is 5.98. The van der Waals surface area contributed by atoms with Crippen LogP contribution in [0.4, 0.5) is 23.3 Å². The van der Waals surface area contributed by atoms with Crippen LogP contribution in [-0.4, -0.2) is 37.3 Å². The number of anilines is 4. The molecule has 9 nitrogen and oxygen atoms in total. The summed E-state index contributed by atoms with van der Waals surface area (Å²) in [6, 6.07) is 2.69. The number of hydrogen-bond donors (Lipinski definition) is 3. The van der Waals surface area contributed by atoms with Gasteiger partial charge in [-0.2, -0.15) is 20.3 Å². The van der Waals surface area contributed by atoms with Crippen molar-refractivity contribution in [1.82, 2.24) is 24.7 Å². The number of fused-ring (bicyclic) bond motifs is 1. The maximum absolute atomic E-state index is 9.78. The van der Waals surface area contributed by atoms with Gasteiger partial charge in [-0.25, -0.2) is 0 Å². The number of rotatable bonds is 3. The van der Waals surface area contributed by atoms with Gasteiger partial charge in [-0.05, 0) is 26.7 Å². The van der Waals surface area contributed by atoms with E-state index < -0.39 is 0 Å². The molecule has 4 N–H and O–H groups in total. The van der Waals surface area contributed by atoms with Crippen LogP contribution in [0.2, 0.25) is 0 Å². The summed E-state index contributed by atoms with van der Waals surface area (Å²) in [7, 11) is 1.92. The van der Waals surface area contributed by atoms with Crippen molar-refractivity contribution in [3.8, 4) is 6.07 Å². The predicted molar refractivity (Wildman–Crippen MR) is 100 cm³/mol. The number of nitriles is 1. The minimum Gasteiger partial charge on any atom is -0.383 e. The fourth-order valence-electron chi connectivity index (χ4n) is 3.67. The summed E-state index contributed by atoms with van der Waals surface area (Å²) in [4.78, 5) is 11.2. The quantitative estimate of drug-likeness (QED) is 0.660. The van der Waals surface area contributed by atoms with Gasteiger partial charge in [0, 0.05) is 19.6 Å². The van der Waals surface area contributed by atoms with Gasteiger partial charge in [0.2, 0.25) is 5.95 Å². The van der Waals surface area contributed by atoms with Crippen molar-refractivity contribution in [1.29, 1.82) is 5.26 Å². The van der Waals surface area contributed by atoms with Crippen molar-refractivity contribution in [2.75, 3.05) is 22.5 Å². The number of aromatic amines is 1. The van der Waals surface area contributed by atoms with Crippen molar-refractivity contribution in [3.63, 3.8) is 0 Å². The van der Waals surface area contributed by atoms with Gasteiger partial charge in [-0.1, -0.05) is 0 Å². The molecule has 0 spiro atoms. The molecule has 26 heavy (non-hydrogen) atoms. The van der Waals surface area contributed by atoms with Gasteiger partial charge in [0.25, 0.3) is 0 Å². The van der Waals surface area contributed by atoms with E-state index in [9.17, 15) is 5.26 Å². The smallest absolute Gasteiger partial charge is 0.231 e. The normalized spacial score (nSPS) is 17.0. The summed E-state index contributed by atoms with van der Waals surface area (Å²) in [5, 5.41) is 20.4. The van der Waals surface area contributed by atoms with E-state index in [1.807, 2.05) is 18.5 Å². The second kappa shape index (κ2) is 5.91. The zero-order valence-corrected chi connectivity index (χ0v) is 15.0. The van der Waals surface area contributed by atoms with Crippen LogP contribution in [0.25, 0.3) is 11.0 Å². The molecule has 0 aliphatic carbocycles. The number of aromatic nitrogens is 5. The van der Waals surface area contributed by atoms with Gasteiger partial charge < -0.3 is 20.5 Å². The Bertz CT molecular complexity index is 1020. The van der Waals surface area contributed by atoms with Crippen LogP contribution in [0.15, 0.2) is 6.20 Å². The van der Waals surface area contributed by atoms with Crippen LogP contribution in [0, 0.1) is 18.3 Å². The van der Waals surface area contributed by atoms with Gasteiger partial charge in [0.05, 0.1) is 23.0 Å². The molecule has 1 aliphatic heterocycles. The van der Waals surface area contributed by atoms with Crippen LogP contribution in [0.3, 0.4) is 0 Å². The van der Waals surface area contributed by atoms with Crippen LogP contribution >= 0.6 is 0 Å². The first kappa shape index (κ1) is 16.2. The van der Waals surface area contributed by atoms with E-state index in [2.05, 4.69) is 43.4 Å². The molecule has 1 atom stereocenters. The van der Waals surface area contributed by atoms with E-state index in [0.717, 1.165) is 36.6 Å². The van der Waals surface area contributed by atoms with E-state index in [4.69, 9.17) is 5.73 Å². The SMILES string of the molecule is Cc1[nH]ncc1Nc1nc(N)c2c(C#N)c(N3CCC[C@H]3C)n(C)c2n1. The third-order valence-corrected chi connectivity index (χ3v) is 5.04. The molecule has 0 amide bonds. The number of nitrogen functional groups attached to an aromatic ring is 1. The van der Waals surface area contributed by atoms with E-state index in [1.165, 1.54) is 0 Å². The molecule has 4 heterocycles. The average Bonchev–Trinajstić information content (AvgIpc) is 3.27. The largest absolute Gasteiger partial charge is 0.383 e. The maximum atomic E-state index is 9.78. The number of nitrogens with two attached hydrogens (primary N) is 1. The number of nitrogens with one attached hydrogen (secondary N) is 2. The lowest BCUT2D eigenvalue weighted by atomic mass is 10.2. The standard InChI is InChI=1S/C17H21N9/c1-9-5-4-6-26(9)16-11(7-18)13-14(19)22-17(23-15(13)25(16)3)21-12-8-20-24-10(12)2/h8-9H,4-6H2,1-3H3,(H,20,24)(H3,19,21,22,23)/t9-/m1/s1. The Labute approximate surface area is 150 Å². The van der Waals surface area contributed by atoms with Crippen LogP contribution in [0.5, 0.6) is 0 Å². The highest BCUT2D eigenvalue weighted by Crippen LogP contribution is 2.37. The zero-order valence-electron chi connectivity index (χ0n) is 15.0. The lowest BCUT2D eigenvalue weighted by Gasteiger charge is -2.24. The highest BCUT2D eigenvalue weighted by atomic mass is 15.3. The van der Waals surface area contributed by atoms with Crippen LogP contribution in [0.1, 0.15) is 31.0 Å². The zero-order chi connectivity index (χ0) is 18.4. The van der Waals surface area contributed by atoms with Crippen molar-refractivity contribution >= 4 is 34.3 Å². The molecule has 0 bridgehead atoms. The Hall–Kier alpha value is -3.28. The molecule has 9 heteroatoms. The number of hydrogen-bond acceptors (Lipinski definition) is 7. The monoisotopic (exact) mass is 351 g/mol. The molecule has 1 saturated heterocycles. The third-order valence-electron chi connectivity index (χ3n) is 5.04. The number of H-pyrrole nitrogens is 1. The van der Waals surface area contributed by atoms with E-state index >= 15 is 0 Å². The Balaban J connectivity index is 1.88. The van der Waals surface area contributed by atoms with Gasteiger partial charge >= 0.3 is 0 Å². The van der Waals surface area contributed by atoms with Crippen molar-refractivity contribution in [2.24, 2.45) is 7.05 Å². The number of nitrogens with zero attached hydrogens (tertiary/aromatic N) is 6. The molecule has 3 aromatic heterocycles. The molecule has 0 saturated carbocycles. The maximum Gasteiger partial charge on any atom is 0.231 e. The first-order valence-electron chi connectivity index (χ1n) is 8.61. The Morgan fingerprint density at radius 3 is 2.85 bits per heavy atom. The van der Waals surface area contributed by atoms with E-state index in [1.54, 1.807) is 6.20 Å². The van der Waals surface area contributed by atoms with Gasteiger partial charge in [-0.3, -0.25) is 5.10 Å². The van der Waals surface area contributed by atoms with Crippen LogP contribution < -0.4 is 16.0 Å². The fraction of sp³-hybridized carbons (Fsp3) is 0.412. The minimum absolute atomic E-state index is 0.295.